The normalized spacial score (nSPS) is 13.3. The molecule has 6 nitrogen and oxygen atoms in total. The van der Waals surface area contributed by atoms with Gasteiger partial charge in [0.25, 0.3) is 11.8 Å². The molecule has 0 spiro atoms. The molecule has 0 unspecified atom stereocenters. The first-order valence-corrected chi connectivity index (χ1v) is 9.53. The second kappa shape index (κ2) is 7.38. The van der Waals surface area contributed by atoms with E-state index in [4.69, 9.17) is 0 Å². The van der Waals surface area contributed by atoms with Gasteiger partial charge < -0.3 is 9.88 Å². The van der Waals surface area contributed by atoms with Gasteiger partial charge in [-0.1, -0.05) is 24.3 Å². The number of nitrogens with one attached hydrogen (secondary N) is 3. The van der Waals surface area contributed by atoms with Crippen LogP contribution in [0.25, 0.3) is 10.9 Å². The predicted octanol–water partition coefficient (Wildman–Crippen LogP) is 3.00. The second-order valence-corrected chi connectivity index (χ2v) is 7.38. The molecule has 1 aliphatic heterocycles. The zero-order valence-corrected chi connectivity index (χ0v) is 16.1. The molecule has 2 amide bonds. The van der Waals surface area contributed by atoms with E-state index >= 15 is 0 Å². The van der Waals surface area contributed by atoms with Crippen LogP contribution in [0.5, 0.6) is 0 Å². The Bertz CT molecular complexity index is 1050. The molecule has 4 rings (SSSR count). The van der Waals surface area contributed by atoms with Gasteiger partial charge in [-0.3, -0.25) is 20.4 Å². The quantitative estimate of drug-likeness (QED) is 0.615. The Labute approximate surface area is 163 Å². The van der Waals surface area contributed by atoms with Crippen molar-refractivity contribution in [3.63, 3.8) is 0 Å². The molecule has 2 heterocycles. The number of para-hydroxylation sites is 1. The minimum absolute atomic E-state index is 0.211. The molecule has 0 atom stereocenters. The molecule has 1 aromatic heterocycles. The Balaban J connectivity index is 1.39. The van der Waals surface area contributed by atoms with Crippen molar-refractivity contribution < 1.29 is 9.59 Å². The van der Waals surface area contributed by atoms with Crippen molar-refractivity contribution >= 4 is 28.4 Å². The highest BCUT2D eigenvalue weighted by molar-refractivity contribution is 5.99. The number of aromatic nitrogens is 1. The maximum absolute atomic E-state index is 12.4. The van der Waals surface area contributed by atoms with Gasteiger partial charge in [-0.05, 0) is 61.6 Å². The molecule has 144 valence electrons. The van der Waals surface area contributed by atoms with Crippen LogP contribution in [0.3, 0.4) is 0 Å². The molecule has 0 saturated carbocycles. The number of amides is 2. The molecule has 28 heavy (non-hydrogen) atoms. The summed E-state index contributed by atoms with van der Waals surface area (Å²) in [4.78, 5) is 30.0. The Kier molecular flexibility index (Phi) is 4.77. The molecule has 0 radical (unpaired) electrons. The summed E-state index contributed by atoms with van der Waals surface area (Å²) < 4.78 is 0. The second-order valence-electron chi connectivity index (χ2n) is 7.38. The number of fused-ring (bicyclic) bond motifs is 2. The first-order chi connectivity index (χ1) is 13.5. The largest absolute Gasteiger partial charge is 0.362 e. The van der Waals surface area contributed by atoms with Crippen molar-refractivity contribution in [3.8, 4) is 0 Å². The summed E-state index contributed by atoms with van der Waals surface area (Å²) in [6.07, 6.45) is 2.05. The van der Waals surface area contributed by atoms with Gasteiger partial charge in [0, 0.05) is 23.1 Å². The molecule has 0 saturated heterocycles. The highest BCUT2D eigenvalue weighted by Crippen LogP contribution is 2.26. The maximum atomic E-state index is 12.4. The van der Waals surface area contributed by atoms with Crippen LogP contribution in [-0.2, 0) is 11.2 Å². The van der Waals surface area contributed by atoms with Crippen LogP contribution >= 0.6 is 0 Å². The lowest BCUT2D eigenvalue weighted by Crippen LogP contribution is -2.47. The fourth-order valence-corrected chi connectivity index (χ4v) is 3.90. The van der Waals surface area contributed by atoms with Gasteiger partial charge >= 0.3 is 0 Å². The van der Waals surface area contributed by atoms with Crippen LogP contribution in [0.1, 0.15) is 33.6 Å². The number of carbonyl (C=O) groups is 2. The lowest BCUT2D eigenvalue weighted by Gasteiger charge is -2.30. The van der Waals surface area contributed by atoms with Crippen LogP contribution in [0.4, 0.5) is 5.69 Å². The van der Waals surface area contributed by atoms with E-state index < -0.39 is 0 Å². The first kappa shape index (κ1) is 18.1. The molecule has 0 aliphatic carbocycles. The molecular formula is C22H24N4O2. The molecule has 3 aromatic rings. The number of hydrogen-bond acceptors (Lipinski definition) is 3. The van der Waals surface area contributed by atoms with Gasteiger partial charge in [0.1, 0.15) is 5.69 Å². The van der Waals surface area contributed by atoms with E-state index in [2.05, 4.69) is 32.9 Å². The SMILES string of the molecule is Cc1cc(C)c2cc(C(=O)NNC(=O)CN3CCCc4ccccc43)[nH]c2c1. The molecule has 3 N–H and O–H groups in total. The number of rotatable bonds is 3. The molecule has 1 aliphatic rings. The molecule has 2 aromatic carbocycles. The van der Waals surface area contributed by atoms with E-state index in [0.29, 0.717) is 5.69 Å². The average molecular weight is 376 g/mol. The van der Waals surface area contributed by atoms with E-state index in [0.717, 1.165) is 47.1 Å². The zero-order valence-electron chi connectivity index (χ0n) is 16.1. The van der Waals surface area contributed by atoms with Gasteiger partial charge in [-0.15, -0.1) is 0 Å². The van der Waals surface area contributed by atoms with Crippen LogP contribution in [0, 0.1) is 13.8 Å². The number of carbonyl (C=O) groups excluding carboxylic acids is 2. The number of benzene rings is 2. The number of hydrogen-bond donors (Lipinski definition) is 3. The molecule has 0 fully saturated rings. The summed E-state index contributed by atoms with van der Waals surface area (Å²) in [5, 5.41) is 1.01. The Hall–Kier alpha value is -3.28. The van der Waals surface area contributed by atoms with Crippen LogP contribution in [-0.4, -0.2) is 29.9 Å². The molecular weight excluding hydrogens is 352 g/mol. The van der Waals surface area contributed by atoms with Crippen molar-refractivity contribution in [2.24, 2.45) is 0 Å². The third-order valence-corrected chi connectivity index (χ3v) is 5.19. The van der Waals surface area contributed by atoms with Crippen molar-refractivity contribution in [1.82, 2.24) is 15.8 Å². The molecule has 6 heteroatoms. The summed E-state index contributed by atoms with van der Waals surface area (Å²) in [5.41, 5.74) is 11.0. The summed E-state index contributed by atoms with van der Waals surface area (Å²) in [5.74, 6) is -0.603. The topological polar surface area (TPSA) is 77.2 Å². The van der Waals surface area contributed by atoms with Crippen molar-refractivity contribution in [3.05, 3.63) is 64.8 Å². The van der Waals surface area contributed by atoms with Gasteiger partial charge in [-0.25, -0.2) is 0 Å². The fraction of sp³-hybridized carbons (Fsp3) is 0.273. The Morgan fingerprint density at radius 2 is 1.93 bits per heavy atom. The van der Waals surface area contributed by atoms with E-state index in [-0.39, 0.29) is 18.4 Å². The van der Waals surface area contributed by atoms with Crippen LogP contribution in [0.15, 0.2) is 42.5 Å². The van der Waals surface area contributed by atoms with Gasteiger partial charge in [0.2, 0.25) is 0 Å². The fourth-order valence-electron chi connectivity index (χ4n) is 3.90. The highest BCUT2D eigenvalue weighted by atomic mass is 16.2. The van der Waals surface area contributed by atoms with E-state index in [1.54, 1.807) is 0 Å². The molecule has 0 bridgehead atoms. The standard InChI is InChI=1S/C22H24N4O2/c1-14-10-15(2)17-12-19(23-18(17)11-14)22(28)25-24-21(27)13-26-9-5-7-16-6-3-4-8-20(16)26/h3-4,6,8,10-12,23H,5,7,9,13H2,1-2H3,(H,24,27)(H,25,28). The van der Waals surface area contributed by atoms with Gasteiger partial charge in [0.15, 0.2) is 0 Å². The number of hydrazine groups is 1. The van der Waals surface area contributed by atoms with Gasteiger partial charge in [0.05, 0.1) is 6.54 Å². The third kappa shape index (κ3) is 3.58. The predicted molar refractivity (Wildman–Crippen MR) is 110 cm³/mol. The average Bonchev–Trinajstić information content (AvgIpc) is 3.11. The number of aryl methyl sites for hydroxylation is 3. The summed E-state index contributed by atoms with van der Waals surface area (Å²) in [6.45, 7) is 5.08. The zero-order chi connectivity index (χ0) is 19.7. The number of nitrogens with zero attached hydrogens (tertiary/aromatic N) is 1. The summed E-state index contributed by atoms with van der Waals surface area (Å²) >= 11 is 0. The minimum Gasteiger partial charge on any atom is -0.362 e. The van der Waals surface area contributed by atoms with Crippen molar-refractivity contribution in [2.45, 2.75) is 26.7 Å². The monoisotopic (exact) mass is 376 g/mol. The highest BCUT2D eigenvalue weighted by Gasteiger charge is 2.19. The smallest absolute Gasteiger partial charge is 0.286 e. The number of anilines is 1. The lowest BCUT2D eigenvalue weighted by molar-refractivity contribution is -0.120. The minimum atomic E-state index is -0.361. The first-order valence-electron chi connectivity index (χ1n) is 9.53. The van der Waals surface area contributed by atoms with Crippen LogP contribution < -0.4 is 15.8 Å². The van der Waals surface area contributed by atoms with Crippen molar-refractivity contribution in [2.75, 3.05) is 18.0 Å². The van der Waals surface area contributed by atoms with E-state index in [9.17, 15) is 9.59 Å². The maximum Gasteiger partial charge on any atom is 0.286 e. The Morgan fingerprint density at radius 3 is 2.79 bits per heavy atom. The van der Waals surface area contributed by atoms with E-state index in [1.807, 2.05) is 44.2 Å². The summed E-state index contributed by atoms with van der Waals surface area (Å²) in [6, 6.07) is 14.0. The number of H-pyrrole nitrogens is 1. The van der Waals surface area contributed by atoms with Gasteiger partial charge in [-0.2, -0.15) is 0 Å². The van der Waals surface area contributed by atoms with Crippen molar-refractivity contribution in [1.29, 1.82) is 0 Å². The third-order valence-electron chi connectivity index (χ3n) is 5.19. The van der Waals surface area contributed by atoms with Crippen LogP contribution in [0.2, 0.25) is 0 Å². The lowest BCUT2D eigenvalue weighted by atomic mass is 10.0. The number of aromatic amines is 1. The Morgan fingerprint density at radius 1 is 1.11 bits per heavy atom. The summed E-state index contributed by atoms with van der Waals surface area (Å²) in [7, 11) is 0. The van der Waals surface area contributed by atoms with E-state index in [1.165, 1.54) is 5.56 Å².